The lowest BCUT2D eigenvalue weighted by molar-refractivity contribution is -0.142. The van der Waals surface area contributed by atoms with Gasteiger partial charge >= 0.3 is 5.97 Å². The van der Waals surface area contributed by atoms with Crippen LogP contribution < -0.4 is 5.32 Å². The molecular formula is C14H17NO3S. The Hall–Kier alpha value is -1.62. The average molecular weight is 279 g/mol. The molecule has 1 amide bonds. The second kappa shape index (κ2) is 4.81. The van der Waals surface area contributed by atoms with Crippen molar-refractivity contribution in [3.8, 4) is 0 Å². The van der Waals surface area contributed by atoms with E-state index in [4.69, 9.17) is 0 Å². The van der Waals surface area contributed by atoms with Crippen molar-refractivity contribution in [1.82, 2.24) is 0 Å². The minimum Gasteiger partial charge on any atom is -0.481 e. The lowest BCUT2D eigenvalue weighted by Gasteiger charge is -2.29. The molecule has 1 aromatic rings. The zero-order chi connectivity index (χ0) is 14.2. The van der Waals surface area contributed by atoms with Crippen LogP contribution in [0.5, 0.6) is 0 Å². The first-order valence-corrected chi connectivity index (χ1v) is 6.99. The van der Waals surface area contributed by atoms with E-state index in [1.54, 1.807) is 6.08 Å². The van der Waals surface area contributed by atoms with E-state index in [9.17, 15) is 14.7 Å². The molecule has 0 spiro atoms. The van der Waals surface area contributed by atoms with Crippen molar-refractivity contribution in [2.24, 2.45) is 11.3 Å². The van der Waals surface area contributed by atoms with Gasteiger partial charge in [-0.1, -0.05) is 26.8 Å². The summed E-state index contributed by atoms with van der Waals surface area (Å²) in [5.74, 6) is -1.59. The Morgan fingerprint density at radius 3 is 2.74 bits per heavy atom. The summed E-state index contributed by atoms with van der Waals surface area (Å²) in [7, 11) is 0. The zero-order valence-electron chi connectivity index (χ0n) is 11.2. The van der Waals surface area contributed by atoms with Gasteiger partial charge in [-0.25, -0.2) is 0 Å². The maximum Gasteiger partial charge on any atom is 0.311 e. The van der Waals surface area contributed by atoms with Gasteiger partial charge in [-0.15, -0.1) is 11.3 Å². The minimum atomic E-state index is -0.854. The number of nitrogens with one attached hydrogen (secondary N) is 1. The van der Waals surface area contributed by atoms with E-state index in [1.165, 1.54) is 11.3 Å². The highest BCUT2D eigenvalue weighted by atomic mass is 32.1. The average Bonchev–Trinajstić information content (AvgIpc) is 2.64. The largest absolute Gasteiger partial charge is 0.481 e. The molecule has 0 bridgehead atoms. The summed E-state index contributed by atoms with van der Waals surface area (Å²) in [6.07, 6.45) is 1.97. The van der Waals surface area contributed by atoms with Gasteiger partial charge in [-0.2, -0.15) is 0 Å². The molecule has 1 unspecified atom stereocenters. The number of carboxylic acids is 1. The SMILES string of the molecule is CC(C)(C)C(C(=O)O)C1=CCC(=O)Nc2ccsc21. The highest BCUT2D eigenvalue weighted by Gasteiger charge is 2.37. The van der Waals surface area contributed by atoms with E-state index in [0.29, 0.717) is 5.69 Å². The fourth-order valence-corrected chi connectivity index (χ4v) is 3.27. The van der Waals surface area contributed by atoms with E-state index in [-0.39, 0.29) is 12.3 Å². The Kier molecular flexibility index (Phi) is 3.49. The third kappa shape index (κ3) is 2.71. The van der Waals surface area contributed by atoms with Crippen LogP contribution in [-0.2, 0) is 9.59 Å². The zero-order valence-corrected chi connectivity index (χ0v) is 12.0. The molecule has 2 rings (SSSR count). The van der Waals surface area contributed by atoms with Crippen molar-refractivity contribution < 1.29 is 14.7 Å². The molecule has 1 atom stereocenters. The van der Waals surface area contributed by atoms with Gasteiger partial charge < -0.3 is 10.4 Å². The van der Waals surface area contributed by atoms with Crippen molar-refractivity contribution in [3.05, 3.63) is 22.4 Å². The maximum atomic E-state index is 11.6. The van der Waals surface area contributed by atoms with Crippen LogP contribution in [0.1, 0.15) is 32.1 Å². The number of carbonyl (C=O) groups excluding carboxylic acids is 1. The van der Waals surface area contributed by atoms with E-state index >= 15 is 0 Å². The first-order chi connectivity index (χ1) is 8.80. The highest BCUT2D eigenvalue weighted by molar-refractivity contribution is 7.11. The molecule has 0 radical (unpaired) electrons. The third-order valence-corrected chi connectivity index (χ3v) is 4.10. The van der Waals surface area contributed by atoms with Gasteiger partial charge in [0.15, 0.2) is 0 Å². The second-order valence-corrected chi connectivity index (χ2v) is 6.63. The molecule has 4 nitrogen and oxygen atoms in total. The Balaban J connectivity index is 2.54. The molecule has 0 saturated heterocycles. The predicted molar refractivity (Wildman–Crippen MR) is 76.1 cm³/mol. The summed E-state index contributed by atoms with van der Waals surface area (Å²) in [5, 5.41) is 14.2. The van der Waals surface area contributed by atoms with Crippen LogP contribution in [0.25, 0.3) is 5.57 Å². The quantitative estimate of drug-likeness (QED) is 0.873. The maximum absolute atomic E-state index is 11.6. The lowest BCUT2D eigenvalue weighted by atomic mass is 9.75. The van der Waals surface area contributed by atoms with Crippen LogP contribution >= 0.6 is 11.3 Å². The monoisotopic (exact) mass is 279 g/mol. The number of thiophene rings is 1. The molecule has 1 aliphatic heterocycles. The van der Waals surface area contributed by atoms with Gasteiger partial charge in [-0.05, 0) is 22.4 Å². The van der Waals surface area contributed by atoms with E-state index < -0.39 is 17.3 Å². The fraction of sp³-hybridized carbons (Fsp3) is 0.429. The van der Waals surface area contributed by atoms with Gasteiger partial charge in [0.2, 0.25) is 5.91 Å². The summed E-state index contributed by atoms with van der Waals surface area (Å²) in [5.41, 5.74) is 1.05. The van der Waals surface area contributed by atoms with E-state index in [0.717, 1.165) is 10.5 Å². The number of amides is 1. The first-order valence-electron chi connectivity index (χ1n) is 6.11. The molecule has 0 aliphatic carbocycles. The van der Waals surface area contributed by atoms with Gasteiger partial charge in [0.05, 0.1) is 16.5 Å². The Morgan fingerprint density at radius 2 is 2.16 bits per heavy atom. The van der Waals surface area contributed by atoms with Crippen LogP contribution in [0.2, 0.25) is 0 Å². The minimum absolute atomic E-state index is 0.104. The van der Waals surface area contributed by atoms with Crippen molar-refractivity contribution in [1.29, 1.82) is 0 Å². The van der Waals surface area contributed by atoms with Gasteiger partial charge in [0.1, 0.15) is 0 Å². The Morgan fingerprint density at radius 1 is 1.47 bits per heavy atom. The summed E-state index contributed by atoms with van der Waals surface area (Å²) in [6, 6.07) is 1.82. The van der Waals surface area contributed by atoms with Gasteiger partial charge in [-0.3, -0.25) is 9.59 Å². The number of carbonyl (C=O) groups is 2. The van der Waals surface area contributed by atoms with Gasteiger partial charge in [0, 0.05) is 6.42 Å². The van der Waals surface area contributed by atoms with Crippen molar-refractivity contribution >= 4 is 34.5 Å². The summed E-state index contributed by atoms with van der Waals surface area (Å²) < 4.78 is 0. The molecule has 102 valence electrons. The number of hydrogen-bond donors (Lipinski definition) is 2. The van der Waals surface area contributed by atoms with Crippen molar-refractivity contribution in [2.45, 2.75) is 27.2 Å². The fourth-order valence-electron chi connectivity index (χ4n) is 2.35. The molecule has 1 aliphatic rings. The Bertz CT molecular complexity index is 551. The lowest BCUT2D eigenvalue weighted by Crippen LogP contribution is -2.29. The number of fused-ring (bicyclic) bond motifs is 1. The molecule has 5 heteroatoms. The van der Waals surface area contributed by atoms with E-state index in [2.05, 4.69) is 5.32 Å². The normalized spacial score (nSPS) is 17.0. The molecule has 0 saturated carbocycles. The van der Waals surface area contributed by atoms with E-state index in [1.807, 2.05) is 32.2 Å². The van der Waals surface area contributed by atoms with Gasteiger partial charge in [0.25, 0.3) is 0 Å². The predicted octanol–water partition coefficient (Wildman–Crippen LogP) is 3.22. The van der Waals surface area contributed by atoms with Crippen molar-refractivity contribution in [2.75, 3.05) is 5.32 Å². The topological polar surface area (TPSA) is 66.4 Å². The van der Waals surface area contributed by atoms with Crippen LogP contribution in [0.15, 0.2) is 17.5 Å². The molecule has 2 N–H and O–H groups in total. The molecule has 2 heterocycles. The summed E-state index contributed by atoms with van der Waals surface area (Å²) in [6.45, 7) is 5.71. The number of anilines is 1. The second-order valence-electron chi connectivity index (χ2n) is 5.71. The number of rotatable bonds is 2. The molecule has 0 aromatic carbocycles. The highest BCUT2D eigenvalue weighted by Crippen LogP contribution is 2.43. The molecule has 0 fully saturated rings. The van der Waals surface area contributed by atoms with Crippen LogP contribution in [0, 0.1) is 11.3 Å². The number of hydrogen-bond acceptors (Lipinski definition) is 3. The number of aliphatic carboxylic acids is 1. The third-order valence-electron chi connectivity index (χ3n) is 3.13. The molecule has 1 aromatic heterocycles. The first kappa shape index (κ1) is 13.8. The van der Waals surface area contributed by atoms with Crippen LogP contribution in [-0.4, -0.2) is 17.0 Å². The molecular weight excluding hydrogens is 262 g/mol. The molecule has 19 heavy (non-hydrogen) atoms. The summed E-state index contributed by atoms with van der Waals surface area (Å²) in [4.78, 5) is 24.1. The number of carboxylic acid groups (broad SMARTS) is 1. The van der Waals surface area contributed by atoms with Crippen LogP contribution in [0.3, 0.4) is 0 Å². The standard InChI is InChI=1S/C14H17NO3S/c1-14(2,3)11(13(17)18)8-4-5-10(16)15-9-6-7-19-12(8)9/h4,6-7,11H,5H2,1-3H3,(H,15,16)(H,17,18). The van der Waals surface area contributed by atoms with Crippen molar-refractivity contribution in [3.63, 3.8) is 0 Å². The Labute approximate surface area is 116 Å². The van der Waals surface area contributed by atoms with Crippen LogP contribution in [0.4, 0.5) is 5.69 Å². The summed E-state index contributed by atoms with van der Waals surface area (Å²) >= 11 is 1.46. The smallest absolute Gasteiger partial charge is 0.311 e.